The summed E-state index contributed by atoms with van der Waals surface area (Å²) in [5, 5.41) is 10.4. The molecule has 20 heavy (non-hydrogen) atoms. The highest BCUT2D eigenvalue weighted by molar-refractivity contribution is 5.93. The third-order valence-corrected chi connectivity index (χ3v) is 6.68. The smallest absolute Gasteiger partial charge is 0.156 e. The molecule has 2 nitrogen and oxygen atoms in total. The summed E-state index contributed by atoms with van der Waals surface area (Å²) < 4.78 is 0. The summed E-state index contributed by atoms with van der Waals surface area (Å²) in [4.78, 5) is 11.6. The van der Waals surface area contributed by atoms with Crippen LogP contribution in [-0.4, -0.2) is 17.0 Å². The highest BCUT2D eigenvalue weighted by atomic mass is 16.3. The van der Waals surface area contributed by atoms with Gasteiger partial charge in [-0.25, -0.2) is 0 Å². The lowest BCUT2D eigenvalue weighted by Crippen LogP contribution is -2.42. The van der Waals surface area contributed by atoms with Gasteiger partial charge in [-0.05, 0) is 79.4 Å². The maximum atomic E-state index is 11.6. The number of aliphatic hydroxyl groups excluding tert-OH is 1. The van der Waals surface area contributed by atoms with Crippen molar-refractivity contribution < 1.29 is 9.90 Å². The molecule has 4 aliphatic rings. The first-order valence-corrected chi connectivity index (χ1v) is 8.23. The summed E-state index contributed by atoms with van der Waals surface area (Å²) in [5.41, 5.74) is 4.69. The van der Waals surface area contributed by atoms with Crippen molar-refractivity contribution in [1.29, 1.82) is 0 Å². The van der Waals surface area contributed by atoms with E-state index in [4.69, 9.17) is 0 Å². The molecule has 0 radical (unpaired) electrons. The Bertz CT molecular complexity index is 528. The summed E-state index contributed by atoms with van der Waals surface area (Å²) in [5.74, 6) is 1.68. The van der Waals surface area contributed by atoms with E-state index in [2.05, 4.69) is 6.92 Å². The number of carbonyl (C=O) groups is 1. The first-order valence-electron chi connectivity index (χ1n) is 8.23. The molecule has 2 saturated carbocycles. The van der Waals surface area contributed by atoms with Gasteiger partial charge in [0.15, 0.2) is 5.78 Å². The second-order valence-corrected chi connectivity index (χ2v) is 7.49. The van der Waals surface area contributed by atoms with Gasteiger partial charge in [0.25, 0.3) is 0 Å². The van der Waals surface area contributed by atoms with Crippen molar-refractivity contribution in [2.75, 3.05) is 0 Å². The zero-order chi connectivity index (χ0) is 13.9. The van der Waals surface area contributed by atoms with Crippen molar-refractivity contribution in [2.45, 2.75) is 64.4 Å². The highest BCUT2D eigenvalue weighted by Crippen LogP contribution is 2.59. The Hall–Kier alpha value is -0.890. The van der Waals surface area contributed by atoms with Crippen LogP contribution in [0.2, 0.25) is 0 Å². The van der Waals surface area contributed by atoms with Crippen LogP contribution in [0.15, 0.2) is 22.8 Å². The first kappa shape index (κ1) is 12.8. The number of carbonyl (C=O) groups excluding carboxylic acids is 1. The lowest BCUT2D eigenvalue weighted by Gasteiger charge is -2.48. The van der Waals surface area contributed by atoms with E-state index in [0.717, 1.165) is 32.1 Å². The number of ketones is 1. The SMILES string of the molecule is C[C@]12CCC3=C4CCC(=O)C=C4CC[C@H]3[C@H]1CC[C@@H]2O. The van der Waals surface area contributed by atoms with Crippen molar-refractivity contribution in [2.24, 2.45) is 17.3 Å². The Balaban J connectivity index is 1.74. The minimum atomic E-state index is -0.0936. The Labute approximate surface area is 120 Å². The van der Waals surface area contributed by atoms with Crippen molar-refractivity contribution in [3.8, 4) is 0 Å². The molecule has 0 aromatic heterocycles. The van der Waals surface area contributed by atoms with Gasteiger partial charge in [0.1, 0.15) is 0 Å². The van der Waals surface area contributed by atoms with Crippen LogP contribution in [0.3, 0.4) is 0 Å². The van der Waals surface area contributed by atoms with Crippen LogP contribution in [0, 0.1) is 17.3 Å². The Kier molecular flexibility index (Phi) is 2.76. The average Bonchev–Trinajstić information content (AvgIpc) is 2.74. The molecule has 0 spiro atoms. The van der Waals surface area contributed by atoms with Crippen LogP contribution in [0.25, 0.3) is 0 Å². The molecule has 4 rings (SSSR count). The molecule has 0 aromatic rings. The van der Waals surface area contributed by atoms with Gasteiger partial charge in [0.05, 0.1) is 6.10 Å². The monoisotopic (exact) mass is 272 g/mol. The van der Waals surface area contributed by atoms with E-state index in [0.29, 0.717) is 24.0 Å². The van der Waals surface area contributed by atoms with E-state index in [1.165, 1.54) is 24.0 Å². The zero-order valence-electron chi connectivity index (χ0n) is 12.3. The molecular formula is C18H24O2. The minimum absolute atomic E-state index is 0.0936. The van der Waals surface area contributed by atoms with E-state index < -0.39 is 0 Å². The molecule has 4 aliphatic carbocycles. The van der Waals surface area contributed by atoms with Crippen molar-refractivity contribution in [3.63, 3.8) is 0 Å². The van der Waals surface area contributed by atoms with E-state index >= 15 is 0 Å². The summed E-state index contributed by atoms with van der Waals surface area (Å²) in [7, 11) is 0. The first-order chi connectivity index (χ1) is 9.59. The van der Waals surface area contributed by atoms with Gasteiger partial charge >= 0.3 is 0 Å². The number of fused-ring (bicyclic) bond motifs is 4. The van der Waals surface area contributed by atoms with Crippen molar-refractivity contribution in [1.82, 2.24) is 0 Å². The van der Waals surface area contributed by atoms with E-state index in [-0.39, 0.29) is 11.5 Å². The van der Waals surface area contributed by atoms with Gasteiger partial charge in [-0.15, -0.1) is 0 Å². The molecule has 0 saturated heterocycles. The molecule has 0 heterocycles. The number of aliphatic hydroxyl groups is 1. The average molecular weight is 272 g/mol. The van der Waals surface area contributed by atoms with Gasteiger partial charge in [0.2, 0.25) is 0 Å². The molecule has 0 bridgehead atoms. The largest absolute Gasteiger partial charge is 0.393 e. The zero-order valence-corrected chi connectivity index (χ0v) is 12.3. The molecule has 0 unspecified atom stereocenters. The predicted molar refractivity (Wildman–Crippen MR) is 78.1 cm³/mol. The topological polar surface area (TPSA) is 37.3 Å². The van der Waals surface area contributed by atoms with Crippen LogP contribution < -0.4 is 0 Å². The van der Waals surface area contributed by atoms with E-state index in [9.17, 15) is 9.90 Å². The summed E-state index contributed by atoms with van der Waals surface area (Å²) in [6.07, 6.45) is 10.2. The molecule has 4 atom stereocenters. The second-order valence-electron chi connectivity index (χ2n) is 7.49. The van der Waals surface area contributed by atoms with Crippen LogP contribution in [0.4, 0.5) is 0 Å². The lowest BCUT2D eigenvalue weighted by molar-refractivity contribution is -0.114. The van der Waals surface area contributed by atoms with Gasteiger partial charge in [-0.1, -0.05) is 12.5 Å². The Morgan fingerprint density at radius 3 is 2.85 bits per heavy atom. The molecule has 0 aliphatic heterocycles. The van der Waals surface area contributed by atoms with Gasteiger partial charge in [-0.3, -0.25) is 4.79 Å². The van der Waals surface area contributed by atoms with Crippen LogP contribution in [0.5, 0.6) is 0 Å². The van der Waals surface area contributed by atoms with Gasteiger partial charge in [-0.2, -0.15) is 0 Å². The molecule has 0 aromatic carbocycles. The molecule has 0 amide bonds. The van der Waals surface area contributed by atoms with Crippen LogP contribution in [0.1, 0.15) is 58.3 Å². The predicted octanol–water partition coefficient (Wildman–Crippen LogP) is 3.55. The van der Waals surface area contributed by atoms with Crippen molar-refractivity contribution in [3.05, 3.63) is 22.8 Å². The number of hydrogen-bond acceptors (Lipinski definition) is 2. The molecule has 108 valence electrons. The highest BCUT2D eigenvalue weighted by Gasteiger charge is 2.53. The lowest BCUT2D eigenvalue weighted by atomic mass is 9.57. The number of rotatable bonds is 0. The maximum absolute atomic E-state index is 11.6. The van der Waals surface area contributed by atoms with E-state index in [1.54, 1.807) is 5.57 Å². The number of allylic oxidation sites excluding steroid dienone is 4. The Morgan fingerprint density at radius 2 is 2.00 bits per heavy atom. The van der Waals surface area contributed by atoms with Gasteiger partial charge < -0.3 is 5.11 Å². The fraction of sp³-hybridized carbons (Fsp3) is 0.722. The third-order valence-electron chi connectivity index (χ3n) is 6.68. The Morgan fingerprint density at radius 1 is 1.15 bits per heavy atom. The third kappa shape index (κ3) is 1.64. The van der Waals surface area contributed by atoms with E-state index in [1.807, 2.05) is 6.08 Å². The molecule has 1 N–H and O–H groups in total. The van der Waals surface area contributed by atoms with Gasteiger partial charge in [0, 0.05) is 6.42 Å². The molecular weight excluding hydrogens is 248 g/mol. The minimum Gasteiger partial charge on any atom is -0.393 e. The fourth-order valence-electron chi connectivity index (χ4n) is 5.50. The number of hydrogen-bond donors (Lipinski definition) is 1. The van der Waals surface area contributed by atoms with Crippen molar-refractivity contribution >= 4 is 5.78 Å². The second kappa shape index (κ2) is 4.30. The molecule has 2 fully saturated rings. The fourth-order valence-corrected chi connectivity index (χ4v) is 5.50. The van der Waals surface area contributed by atoms with Crippen LogP contribution in [-0.2, 0) is 4.79 Å². The van der Waals surface area contributed by atoms with Crippen LogP contribution >= 0.6 is 0 Å². The summed E-state index contributed by atoms with van der Waals surface area (Å²) >= 11 is 0. The normalized spacial score (nSPS) is 43.8. The summed E-state index contributed by atoms with van der Waals surface area (Å²) in [6.45, 7) is 2.31. The summed E-state index contributed by atoms with van der Waals surface area (Å²) in [6, 6.07) is 0. The standard InChI is InChI=1S/C18H24O2/c1-18-9-8-14-13-5-3-12(19)10-11(13)2-4-15(14)16(18)6-7-17(18)20/h10,15-17,20H,2-9H2,1H3/t15-,16-,17+,18+/m1/s1. The molecule has 2 heteroatoms. The quantitative estimate of drug-likeness (QED) is 0.732. The maximum Gasteiger partial charge on any atom is 0.156 e.